The predicted octanol–water partition coefficient (Wildman–Crippen LogP) is -0.308. The molecule has 0 aliphatic carbocycles. The van der Waals surface area contributed by atoms with E-state index in [0.29, 0.717) is 13.0 Å². The van der Waals surface area contributed by atoms with Crippen molar-refractivity contribution in [1.82, 2.24) is 5.32 Å². The fourth-order valence-corrected chi connectivity index (χ4v) is 1.41. The Balaban J connectivity index is 2.78. The van der Waals surface area contributed by atoms with Crippen LogP contribution in [0.2, 0.25) is 0 Å². The van der Waals surface area contributed by atoms with Crippen molar-refractivity contribution in [2.75, 3.05) is 13.1 Å². The average molecular weight is 185 g/mol. The zero-order valence-electron chi connectivity index (χ0n) is 6.99. The number of hydrogen-bond acceptors (Lipinski definition) is 3. The predicted molar refractivity (Wildman–Crippen MR) is 44.3 cm³/mol. The summed E-state index contributed by atoms with van der Waals surface area (Å²) < 4.78 is 0. The first-order valence-corrected chi connectivity index (χ1v) is 4.00. The smallest absolute Gasteiger partial charge is 0.332 e. The second kappa shape index (κ2) is 4.04. The van der Waals surface area contributed by atoms with E-state index in [4.69, 9.17) is 10.2 Å². The highest BCUT2D eigenvalue weighted by atomic mass is 16.4. The molecule has 0 aromatic rings. The molecule has 0 aromatic carbocycles. The van der Waals surface area contributed by atoms with Crippen LogP contribution in [0.5, 0.6) is 0 Å². The molecule has 0 aromatic heterocycles. The zero-order valence-corrected chi connectivity index (χ0v) is 6.99. The van der Waals surface area contributed by atoms with Gasteiger partial charge >= 0.3 is 11.9 Å². The van der Waals surface area contributed by atoms with Crippen LogP contribution in [0.1, 0.15) is 6.42 Å². The van der Waals surface area contributed by atoms with Gasteiger partial charge in [-0.05, 0) is 13.0 Å². The van der Waals surface area contributed by atoms with E-state index in [1.54, 1.807) is 0 Å². The van der Waals surface area contributed by atoms with Crippen molar-refractivity contribution in [3.05, 3.63) is 11.6 Å². The van der Waals surface area contributed by atoms with E-state index < -0.39 is 11.9 Å². The van der Waals surface area contributed by atoms with Crippen LogP contribution >= 0.6 is 0 Å². The second-order valence-electron chi connectivity index (χ2n) is 2.93. The SMILES string of the molecule is O=C(O)C=C(C(=O)O)C1CCNC1. The summed E-state index contributed by atoms with van der Waals surface area (Å²) in [5.41, 5.74) is -0.0162. The molecule has 1 unspecified atom stereocenters. The highest BCUT2D eigenvalue weighted by Gasteiger charge is 2.24. The zero-order chi connectivity index (χ0) is 9.84. The number of hydrogen-bond donors (Lipinski definition) is 3. The van der Waals surface area contributed by atoms with Gasteiger partial charge in [-0.3, -0.25) is 0 Å². The molecule has 0 spiro atoms. The van der Waals surface area contributed by atoms with Crippen molar-refractivity contribution >= 4 is 11.9 Å². The Labute approximate surface area is 75.1 Å². The van der Waals surface area contributed by atoms with Gasteiger partial charge < -0.3 is 15.5 Å². The van der Waals surface area contributed by atoms with E-state index in [0.717, 1.165) is 12.6 Å². The van der Waals surface area contributed by atoms with Crippen molar-refractivity contribution in [2.24, 2.45) is 5.92 Å². The van der Waals surface area contributed by atoms with E-state index in [1.807, 2.05) is 0 Å². The van der Waals surface area contributed by atoms with E-state index in [-0.39, 0.29) is 11.5 Å². The highest BCUT2D eigenvalue weighted by Crippen LogP contribution is 2.18. The minimum Gasteiger partial charge on any atom is -0.478 e. The summed E-state index contributed by atoms with van der Waals surface area (Å²) in [6.45, 7) is 1.29. The molecule has 72 valence electrons. The first-order chi connectivity index (χ1) is 6.11. The lowest BCUT2D eigenvalue weighted by molar-refractivity contribution is -0.135. The normalized spacial score (nSPS) is 23.1. The van der Waals surface area contributed by atoms with Gasteiger partial charge in [0.2, 0.25) is 0 Å². The molecule has 5 nitrogen and oxygen atoms in total. The molecular formula is C8H11NO4. The van der Waals surface area contributed by atoms with Gasteiger partial charge in [-0.2, -0.15) is 0 Å². The lowest BCUT2D eigenvalue weighted by Crippen LogP contribution is -2.17. The molecule has 1 heterocycles. The van der Waals surface area contributed by atoms with Crippen LogP contribution in [-0.2, 0) is 9.59 Å². The van der Waals surface area contributed by atoms with E-state index in [9.17, 15) is 9.59 Å². The number of carbonyl (C=O) groups is 2. The van der Waals surface area contributed by atoms with Crippen molar-refractivity contribution < 1.29 is 19.8 Å². The van der Waals surface area contributed by atoms with Gasteiger partial charge in [-0.15, -0.1) is 0 Å². The van der Waals surface area contributed by atoms with E-state index in [1.165, 1.54) is 0 Å². The molecule has 1 aliphatic rings. The third kappa shape index (κ3) is 2.55. The summed E-state index contributed by atoms with van der Waals surface area (Å²) in [6, 6.07) is 0. The van der Waals surface area contributed by atoms with Gasteiger partial charge in [0, 0.05) is 24.1 Å². The number of rotatable bonds is 3. The monoisotopic (exact) mass is 185 g/mol. The first kappa shape index (κ1) is 9.73. The first-order valence-electron chi connectivity index (χ1n) is 4.00. The molecule has 1 saturated heterocycles. The summed E-state index contributed by atoms with van der Waals surface area (Å²) >= 11 is 0. The van der Waals surface area contributed by atoms with Gasteiger partial charge in [0.1, 0.15) is 0 Å². The van der Waals surface area contributed by atoms with Crippen molar-refractivity contribution in [1.29, 1.82) is 0 Å². The summed E-state index contributed by atoms with van der Waals surface area (Å²) in [7, 11) is 0. The summed E-state index contributed by atoms with van der Waals surface area (Å²) in [5, 5.41) is 20.1. The molecule has 5 heteroatoms. The van der Waals surface area contributed by atoms with Crippen LogP contribution in [0.4, 0.5) is 0 Å². The Morgan fingerprint density at radius 1 is 1.38 bits per heavy atom. The topological polar surface area (TPSA) is 86.6 Å². The summed E-state index contributed by atoms with van der Waals surface area (Å²) in [6.07, 6.45) is 1.46. The maximum Gasteiger partial charge on any atom is 0.332 e. The molecule has 1 rings (SSSR count). The Morgan fingerprint density at radius 2 is 2.08 bits per heavy atom. The van der Waals surface area contributed by atoms with Crippen LogP contribution in [0, 0.1) is 5.92 Å². The second-order valence-corrected chi connectivity index (χ2v) is 2.93. The van der Waals surface area contributed by atoms with Gasteiger partial charge in [-0.25, -0.2) is 9.59 Å². The fraction of sp³-hybridized carbons (Fsp3) is 0.500. The van der Waals surface area contributed by atoms with Gasteiger partial charge in [0.05, 0.1) is 0 Å². The molecule has 0 amide bonds. The third-order valence-electron chi connectivity index (χ3n) is 2.03. The molecule has 1 atom stereocenters. The minimum absolute atomic E-state index is 0.0162. The van der Waals surface area contributed by atoms with Crippen LogP contribution in [0.3, 0.4) is 0 Å². The Morgan fingerprint density at radius 3 is 2.46 bits per heavy atom. The van der Waals surface area contributed by atoms with Crippen molar-refractivity contribution in [3.8, 4) is 0 Å². The highest BCUT2D eigenvalue weighted by molar-refractivity contribution is 5.95. The lowest BCUT2D eigenvalue weighted by atomic mass is 9.98. The standard InChI is InChI=1S/C8H11NO4/c10-7(11)3-6(8(12)13)5-1-2-9-4-5/h3,5,9H,1-2,4H2,(H,10,11)(H,12,13). The maximum atomic E-state index is 10.7. The Kier molecular flexibility index (Phi) is 3.02. The van der Waals surface area contributed by atoms with E-state index >= 15 is 0 Å². The van der Waals surface area contributed by atoms with Gasteiger partial charge in [-0.1, -0.05) is 0 Å². The quantitative estimate of drug-likeness (QED) is 0.525. The molecule has 0 radical (unpaired) electrons. The van der Waals surface area contributed by atoms with Crippen LogP contribution in [-0.4, -0.2) is 35.2 Å². The van der Waals surface area contributed by atoms with Crippen LogP contribution in [0.15, 0.2) is 11.6 Å². The summed E-state index contributed by atoms with van der Waals surface area (Å²) in [5.74, 6) is -2.52. The molecule has 0 bridgehead atoms. The van der Waals surface area contributed by atoms with Crippen LogP contribution < -0.4 is 5.32 Å². The van der Waals surface area contributed by atoms with Crippen molar-refractivity contribution in [3.63, 3.8) is 0 Å². The maximum absolute atomic E-state index is 10.7. The minimum atomic E-state index is -1.20. The molecule has 13 heavy (non-hydrogen) atoms. The number of carboxylic acid groups (broad SMARTS) is 2. The Hall–Kier alpha value is -1.36. The number of carboxylic acids is 2. The fourth-order valence-electron chi connectivity index (χ4n) is 1.41. The van der Waals surface area contributed by atoms with E-state index in [2.05, 4.69) is 5.32 Å². The number of aliphatic carboxylic acids is 2. The van der Waals surface area contributed by atoms with Crippen LogP contribution in [0.25, 0.3) is 0 Å². The molecule has 3 N–H and O–H groups in total. The largest absolute Gasteiger partial charge is 0.478 e. The lowest BCUT2D eigenvalue weighted by Gasteiger charge is -2.07. The third-order valence-corrected chi connectivity index (χ3v) is 2.03. The summed E-state index contributed by atoms with van der Waals surface area (Å²) in [4.78, 5) is 21.0. The average Bonchev–Trinajstić information content (AvgIpc) is 2.50. The number of nitrogens with one attached hydrogen (secondary N) is 1. The van der Waals surface area contributed by atoms with Crippen molar-refractivity contribution in [2.45, 2.75) is 6.42 Å². The van der Waals surface area contributed by atoms with Gasteiger partial charge in [0.15, 0.2) is 0 Å². The molecule has 1 fully saturated rings. The molecular weight excluding hydrogens is 174 g/mol. The Bertz CT molecular complexity index is 253. The van der Waals surface area contributed by atoms with Gasteiger partial charge in [0.25, 0.3) is 0 Å². The molecule has 1 aliphatic heterocycles. The molecule has 0 saturated carbocycles.